The molecule has 5 nitrogen and oxygen atoms in total. The van der Waals surface area contributed by atoms with E-state index < -0.39 is 0 Å². The molecule has 2 N–H and O–H groups in total. The molecule has 1 amide bonds. The highest BCUT2D eigenvalue weighted by atomic mass is 32.2. The Morgan fingerprint density at radius 1 is 1.04 bits per heavy atom. The molecule has 0 aliphatic heterocycles. The minimum Gasteiger partial charge on any atom is -0.325 e. The van der Waals surface area contributed by atoms with Crippen LogP contribution in [0, 0.1) is 5.92 Å². The fourth-order valence-corrected chi connectivity index (χ4v) is 3.14. The van der Waals surface area contributed by atoms with Crippen LogP contribution in [0.4, 0.5) is 5.69 Å². The molecular formula is C19H28N2O3S. The van der Waals surface area contributed by atoms with Crippen molar-refractivity contribution in [3.05, 3.63) is 29.8 Å². The van der Waals surface area contributed by atoms with E-state index in [1.54, 1.807) is 24.3 Å². The molecule has 0 bridgehead atoms. The fraction of sp³-hybridized carbons (Fsp3) is 0.526. The van der Waals surface area contributed by atoms with Gasteiger partial charge in [-0.2, -0.15) is 0 Å². The molecule has 0 radical (unpaired) electrons. The van der Waals surface area contributed by atoms with Crippen LogP contribution in [0.1, 0.15) is 45.0 Å². The van der Waals surface area contributed by atoms with E-state index in [1.165, 1.54) is 18.7 Å². The third kappa shape index (κ3) is 7.84. The number of benzene rings is 1. The maximum Gasteiger partial charge on any atom is 0.234 e. The SMILES string of the molecule is CC(=O)c1ccc(NC(=O)CSCC(NC(C)C)C(=O)C(C)C)cc1. The lowest BCUT2D eigenvalue weighted by Gasteiger charge is -2.21. The van der Waals surface area contributed by atoms with E-state index in [1.807, 2.05) is 27.7 Å². The number of thioether (sulfide) groups is 1. The molecule has 6 heteroatoms. The van der Waals surface area contributed by atoms with Gasteiger partial charge in [0.1, 0.15) is 0 Å². The maximum atomic E-state index is 12.2. The molecule has 0 aromatic heterocycles. The van der Waals surface area contributed by atoms with Gasteiger partial charge in [0.2, 0.25) is 5.91 Å². The van der Waals surface area contributed by atoms with Crippen molar-refractivity contribution in [1.29, 1.82) is 0 Å². The minimum atomic E-state index is -0.243. The molecule has 0 fully saturated rings. The Hall–Kier alpha value is -1.66. The van der Waals surface area contributed by atoms with Gasteiger partial charge >= 0.3 is 0 Å². The molecule has 0 aliphatic carbocycles. The van der Waals surface area contributed by atoms with Crippen LogP contribution >= 0.6 is 11.8 Å². The van der Waals surface area contributed by atoms with Crippen LogP contribution in [0.3, 0.4) is 0 Å². The predicted octanol–water partition coefficient (Wildman–Crippen LogP) is 3.15. The second-order valence-electron chi connectivity index (χ2n) is 6.63. The number of ketones is 2. The van der Waals surface area contributed by atoms with E-state index in [4.69, 9.17) is 0 Å². The molecule has 1 rings (SSSR count). The van der Waals surface area contributed by atoms with Crippen LogP contribution < -0.4 is 10.6 Å². The Labute approximate surface area is 154 Å². The first kappa shape index (κ1) is 21.4. The Bertz CT molecular complexity index is 597. The summed E-state index contributed by atoms with van der Waals surface area (Å²) < 4.78 is 0. The monoisotopic (exact) mass is 364 g/mol. The van der Waals surface area contributed by atoms with Crippen LogP contribution in [0.2, 0.25) is 0 Å². The lowest BCUT2D eigenvalue weighted by atomic mass is 10.0. The van der Waals surface area contributed by atoms with Crippen LogP contribution in [-0.2, 0) is 9.59 Å². The molecule has 0 aliphatic rings. The summed E-state index contributed by atoms with van der Waals surface area (Å²) in [5.74, 6) is 0.835. The first-order valence-corrected chi connectivity index (χ1v) is 9.64. The number of hydrogen-bond donors (Lipinski definition) is 2. The molecule has 138 valence electrons. The van der Waals surface area contributed by atoms with E-state index in [9.17, 15) is 14.4 Å². The number of Topliss-reactive ketones (excluding diaryl/α,β-unsaturated/α-hetero) is 2. The van der Waals surface area contributed by atoms with Crippen molar-refractivity contribution < 1.29 is 14.4 Å². The number of carbonyl (C=O) groups excluding carboxylic acids is 3. The van der Waals surface area contributed by atoms with Gasteiger partial charge in [-0.3, -0.25) is 14.4 Å². The zero-order valence-corrected chi connectivity index (χ0v) is 16.4. The van der Waals surface area contributed by atoms with E-state index in [0.29, 0.717) is 17.0 Å². The summed E-state index contributed by atoms with van der Waals surface area (Å²) >= 11 is 1.43. The largest absolute Gasteiger partial charge is 0.325 e. The van der Waals surface area contributed by atoms with E-state index in [-0.39, 0.29) is 41.2 Å². The lowest BCUT2D eigenvalue weighted by molar-refractivity contribution is -0.123. The van der Waals surface area contributed by atoms with Crippen LogP contribution in [-0.4, -0.2) is 41.1 Å². The number of amides is 1. The summed E-state index contributed by atoms with van der Waals surface area (Å²) in [7, 11) is 0. The van der Waals surface area contributed by atoms with Gasteiger partial charge in [-0.05, 0) is 31.2 Å². The highest BCUT2D eigenvalue weighted by Gasteiger charge is 2.22. The normalized spacial score (nSPS) is 12.3. The molecule has 25 heavy (non-hydrogen) atoms. The molecule has 0 heterocycles. The molecule has 0 spiro atoms. The second kappa shape index (κ2) is 10.4. The molecule has 1 aromatic carbocycles. The van der Waals surface area contributed by atoms with Crippen molar-refractivity contribution in [3.63, 3.8) is 0 Å². The minimum absolute atomic E-state index is 0.00746. The summed E-state index contributed by atoms with van der Waals surface area (Å²) in [6.45, 7) is 9.29. The van der Waals surface area contributed by atoms with E-state index in [0.717, 1.165) is 0 Å². The Morgan fingerprint density at radius 3 is 2.12 bits per heavy atom. The van der Waals surface area contributed by atoms with E-state index >= 15 is 0 Å². The number of hydrogen-bond acceptors (Lipinski definition) is 5. The third-order valence-corrected chi connectivity index (χ3v) is 4.58. The molecule has 1 aromatic rings. The van der Waals surface area contributed by atoms with Crippen LogP contribution in [0.25, 0.3) is 0 Å². The number of nitrogens with one attached hydrogen (secondary N) is 2. The van der Waals surface area contributed by atoms with Gasteiger partial charge in [-0.15, -0.1) is 11.8 Å². The van der Waals surface area contributed by atoms with Gasteiger partial charge in [0, 0.05) is 29.0 Å². The third-order valence-electron chi connectivity index (χ3n) is 3.54. The summed E-state index contributed by atoms with van der Waals surface area (Å²) in [6.07, 6.45) is 0. The summed E-state index contributed by atoms with van der Waals surface area (Å²) in [6, 6.07) is 6.77. The average molecular weight is 365 g/mol. The molecule has 0 saturated heterocycles. The van der Waals surface area contributed by atoms with Crippen LogP contribution in [0.5, 0.6) is 0 Å². The lowest BCUT2D eigenvalue weighted by Crippen LogP contribution is -2.44. The quantitative estimate of drug-likeness (QED) is 0.624. The molecule has 1 atom stereocenters. The van der Waals surface area contributed by atoms with Crippen molar-refractivity contribution >= 4 is 34.9 Å². The predicted molar refractivity (Wildman–Crippen MR) is 104 cm³/mol. The first-order chi connectivity index (χ1) is 11.7. The van der Waals surface area contributed by atoms with Gasteiger partial charge < -0.3 is 10.6 Å². The summed E-state index contributed by atoms with van der Waals surface area (Å²) in [5, 5.41) is 6.07. The topological polar surface area (TPSA) is 75.3 Å². The smallest absolute Gasteiger partial charge is 0.234 e. The molecular weight excluding hydrogens is 336 g/mol. The van der Waals surface area contributed by atoms with Gasteiger partial charge in [-0.1, -0.05) is 27.7 Å². The average Bonchev–Trinajstić information content (AvgIpc) is 2.53. The van der Waals surface area contributed by atoms with Gasteiger partial charge in [0.15, 0.2) is 11.6 Å². The van der Waals surface area contributed by atoms with Gasteiger partial charge in [0.05, 0.1) is 11.8 Å². The highest BCUT2D eigenvalue weighted by Crippen LogP contribution is 2.13. The number of rotatable bonds is 10. The number of carbonyl (C=O) groups is 3. The first-order valence-electron chi connectivity index (χ1n) is 8.49. The fourth-order valence-electron chi connectivity index (χ4n) is 2.27. The standard InChI is InChI=1S/C19H28N2O3S/c1-12(2)19(24)17(20-13(3)4)10-25-11-18(23)21-16-8-6-15(7-9-16)14(5)22/h6-9,12-13,17,20H,10-11H2,1-5H3,(H,21,23). The highest BCUT2D eigenvalue weighted by molar-refractivity contribution is 8.00. The number of anilines is 1. The van der Waals surface area contributed by atoms with Gasteiger partial charge in [-0.25, -0.2) is 0 Å². The molecule has 0 saturated carbocycles. The Balaban J connectivity index is 2.48. The van der Waals surface area contributed by atoms with Crippen molar-refractivity contribution in [2.24, 2.45) is 5.92 Å². The second-order valence-corrected chi connectivity index (χ2v) is 7.66. The Morgan fingerprint density at radius 2 is 1.64 bits per heavy atom. The Kier molecular flexibility index (Phi) is 8.86. The van der Waals surface area contributed by atoms with Crippen molar-refractivity contribution in [2.45, 2.75) is 46.7 Å². The zero-order chi connectivity index (χ0) is 19.0. The van der Waals surface area contributed by atoms with Crippen LogP contribution in [0.15, 0.2) is 24.3 Å². The summed E-state index contributed by atoms with van der Waals surface area (Å²) in [5.41, 5.74) is 1.27. The van der Waals surface area contributed by atoms with Crippen molar-refractivity contribution in [2.75, 3.05) is 16.8 Å². The van der Waals surface area contributed by atoms with Crippen molar-refractivity contribution in [1.82, 2.24) is 5.32 Å². The zero-order valence-electron chi connectivity index (χ0n) is 15.6. The summed E-state index contributed by atoms with van der Waals surface area (Å²) in [4.78, 5) is 35.5. The van der Waals surface area contributed by atoms with Crippen molar-refractivity contribution in [3.8, 4) is 0 Å². The maximum absolute atomic E-state index is 12.2. The van der Waals surface area contributed by atoms with E-state index in [2.05, 4.69) is 10.6 Å². The van der Waals surface area contributed by atoms with Gasteiger partial charge in [0.25, 0.3) is 0 Å². The molecule has 1 unspecified atom stereocenters.